The van der Waals surface area contributed by atoms with Crippen LogP contribution >= 0.6 is 11.6 Å². The lowest BCUT2D eigenvalue weighted by Gasteiger charge is -1.99. The summed E-state index contributed by atoms with van der Waals surface area (Å²) in [6.45, 7) is 0. The van der Waals surface area contributed by atoms with Gasteiger partial charge in [-0.25, -0.2) is 9.82 Å². The normalized spacial score (nSPS) is 10.6. The van der Waals surface area contributed by atoms with Gasteiger partial charge in [0.2, 0.25) is 0 Å². The third-order valence-electron chi connectivity index (χ3n) is 2.36. The van der Waals surface area contributed by atoms with Crippen LogP contribution in [0.4, 0.5) is 4.39 Å². The molecule has 0 radical (unpaired) electrons. The van der Waals surface area contributed by atoms with Crippen molar-refractivity contribution >= 4 is 23.7 Å². The van der Waals surface area contributed by atoms with Gasteiger partial charge in [-0.1, -0.05) is 23.7 Å². The molecule has 0 aliphatic rings. The molecule has 1 N–H and O–H groups in total. The van der Waals surface area contributed by atoms with Crippen molar-refractivity contribution in [1.29, 1.82) is 0 Å². The average Bonchev–Trinajstić information content (AvgIpc) is 2.41. The Morgan fingerprint density at radius 2 is 1.74 bits per heavy atom. The topological polar surface area (TPSA) is 41.5 Å². The predicted octanol–water partition coefficient (Wildman–Crippen LogP) is 3.24. The van der Waals surface area contributed by atoms with Gasteiger partial charge in [0.05, 0.1) is 6.21 Å². The molecule has 0 saturated heterocycles. The minimum absolute atomic E-state index is 0.342. The molecule has 2 rings (SSSR count). The van der Waals surface area contributed by atoms with E-state index in [9.17, 15) is 9.18 Å². The second kappa shape index (κ2) is 6.11. The number of carbonyl (C=O) groups excluding carboxylic acids is 1. The summed E-state index contributed by atoms with van der Waals surface area (Å²) in [4.78, 5) is 11.6. The van der Waals surface area contributed by atoms with Crippen LogP contribution in [0.5, 0.6) is 0 Å². The first-order valence-electron chi connectivity index (χ1n) is 5.50. The highest BCUT2D eigenvalue weighted by Gasteiger charge is 2.03. The van der Waals surface area contributed by atoms with Crippen molar-refractivity contribution in [3.05, 3.63) is 70.5 Å². The lowest BCUT2D eigenvalue weighted by atomic mass is 10.2. The Bertz CT molecular complexity index is 594. The van der Waals surface area contributed by atoms with E-state index in [0.29, 0.717) is 10.6 Å². The molecule has 0 unspecified atom stereocenters. The summed E-state index contributed by atoms with van der Waals surface area (Å²) < 4.78 is 12.7. The second-order valence-electron chi connectivity index (χ2n) is 3.76. The lowest BCUT2D eigenvalue weighted by Crippen LogP contribution is -2.17. The van der Waals surface area contributed by atoms with Crippen molar-refractivity contribution in [3.63, 3.8) is 0 Å². The van der Waals surface area contributed by atoms with E-state index in [4.69, 9.17) is 11.6 Å². The van der Waals surface area contributed by atoms with E-state index < -0.39 is 5.91 Å². The van der Waals surface area contributed by atoms with Crippen LogP contribution in [0, 0.1) is 5.82 Å². The zero-order valence-corrected chi connectivity index (χ0v) is 10.6. The van der Waals surface area contributed by atoms with Crippen molar-refractivity contribution in [2.75, 3.05) is 0 Å². The Balaban J connectivity index is 1.96. The van der Waals surface area contributed by atoms with Gasteiger partial charge in [-0.15, -0.1) is 0 Å². The minimum Gasteiger partial charge on any atom is -0.267 e. The van der Waals surface area contributed by atoms with Gasteiger partial charge < -0.3 is 0 Å². The maximum Gasteiger partial charge on any atom is 0.271 e. The summed E-state index contributed by atoms with van der Waals surface area (Å²) >= 11 is 5.74. The summed E-state index contributed by atoms with van der Waals surface area (Å²) in [6.07, 6.45) is 1.50. The maximum absolute atomic E-state index is 12.7. The second-order valence-corrected chi connectivity index (χ2v) is 4.19. The fraction of sp³-hybridized carbons (Fsp3) is 0. The molecule has 0 aromatic heterocycles. The van der Waals surface area contributed by atoms with E-state index in [1.165, 1.54) is 30.5 Å². The SMILES string of the molecule is O=C(N/N=C\c1ccc(Cl)cc1)c1ccc(F)cc1. The van der Waals surface area contributed by atoms with E-state index in [-0.39, 0.29) is 5.82 Å². The Kier molecular flexibility index (Phi) is 4.26. The number of carbonyl (C=O) groups is 1. The van der Waals surface area contributed by atoms with Crippen molar-refractivity contribution < 1.29 is 9.18 Å². The predicted molar refractivity (Wildman–Crippen MR) is 72.9 cm³/mol. The molecule has 3 nitrogen and oxygen atoms in total. The van der Waals surface area contributed by atoms with Crippen LogP contribution in [-0.4, -0.2) is 12.1 Å². The number of nitrogens with zero attached hydrogens (tertiary/aromatic N) is 1. The van der Waals surface area contributed by atoms with Crippen LogP contribution in [0.1, 0.15) is 15.9 Å². The Hall–Kier alpha value is -2.20. The Morgan fingerprint density at radius 1 is 1.11 bits per heavy atom. The number of hydrogen-bond donors (Lipinski definition) is 1. The molecule has 2 aromatic carbocycles. The molecule has 5 heteroatoms. The zero-order valence-electron chi connectivity index (χ0n) is 9.81. The molecular weight excluding hydrogens is 267 g/mol. The molecule has 0 heterocycles. The molecule has 0 atom stereocenters. The molecule has 0 aliphatic carbocycles. The van der Waals surface area contributed by atoms with E-state index in [1.54, 1.807) is 24.3 Å². The summed E-state index contributed by atoms with van der Waals surface area (Å²) in [7, 11) is 0. The van der Waals surface area contributed by atoms with E-state index in [0.717, 1.165) is 5.56 Å². The number of hydrogen-bond acceptors (Lipinski definition) is 2. The van der Waals surface area contributed by atoms with Crippen LogP contribution in [0.25, 0.3) is 0 Å². The largest absolute Gasteiger partial charge is 0.271 e. The first-order chi connectivity index (χ1) is 9.15. The molecule has 0 aliphatic heterocycles. The van der Waals surface area contributed by atoms with Gasteiger partial charge in [-0.2, -0.15) is 5.10 Å². The molecule has 2 aromatic rings. The standard InChI is InChI=1S/C14H10ClFN2O/c15-12-5-1-10(2-6-12)9-17-18-14(19)11-3-7-13(16)8-4-11/h1-9H,(H,18,19)/b17-9-. The third-order valence-corrected chi connectivity index (χ3v) is 2.61. The molecule has 0 spiro atoms. The zero-order chi connectivity index (χ0) is 13.7. The highest BCUT2D eigenvalue weighted by atomic mass is 35.5. The first-order valence-corrected chi connectivity index (χ1v) is 5.87. The number of halogens is 2. The van der Waals surface area contributed by atoms with Crippen molar-refractivity contribution in [2.24, 2.45) is 5.10 Å². The molecule has 0 fully saturated rings. The fourth-order valence-electron chi connectivity index (χ4n) is 1.38. The number of benzene rings is 2. The number of rotatable bonds is 3. The van der Waals surface area contributed by atoms with Gasteiger partial charge in [0.15, 0.2) is 0 Å². The monoisotopic (exact) mass is 276 g/mol. The van der Waals surface area contributed by atoms with Gasteiger partial charge in [0.1, 0.15) is 5.82 Å². The van der Waals surface area contributed by atoms with Crippen molar-refractivity contribution in [2.45, 2.75) is 0 Å². The third kappa shape index (κ3) is 3.89. The van der Waals surface area contributed by atoms with Gasteiger partial charge >= 0.3 is 0 Å². The molecule has 19 heavy (non-hydrogen) atoms. The summed E-state index contributed by atoms with van der Waals surface area (Å²) in [5.74, 6) is -0.786. The van der Waals surface area contributed by atoms with E-state index in [2.05, 4.69) is 10.5 Å². The highest BCUT2D eigenvalue weighted by molar-refractivity contribution is 6.30. The highest BCUT2D eigenvalue weighted by Crippen LogP contribution is 2.07. The van der Waals surface area contributed by atoms with Crippen molar-refractivity contribution in [3.8, 4) is 0 Å². The van der Waals surface area contributed by atoms with Gasteiger partial charge in [-0.05, 0) is 42.0 Å². The van der Waals surface area contributed by atoms with Crippen LogP contribution in [0.15, 0.2) is 53.6 Å². The van der Waals surface area contributed by atoms with Crippen molar-refractivity contribution in [1.82, 2.24) is 5.43 Å². The molecule has 1 amide bonds. The first kappa shape index (κ1) is 13.2. The summed E-state index contributed by atoms with van der Waals surface area (Å²) in [5, 5.41) is 4.44. The Morgan fingerprint density at radius 3 is 2.37 bits per heavy atom. The van der Waals surface area contributed by atoms with Crippen LogP contribution < -0.4 is 5.43 Å². The number of nitrogens with one attached hydrogen (secondary N) is 1. The fourth-order valence-corrected chi connectivity index (χ4v) is 1.51. The summed E-state index contributed by atoms with van der Waals surface area (Å²) in [6, 6.07) is 12.2. The van der Waals surface area contributed by atoms with E-state index >= 15 is 0 Å². The number of hydrazone groups is 1. The van der Waals surface area contributed by atoms with Gasteiger partial charge in [-0.3, -0.25) is 4.79 Å². The summed E-state index contributed by atoms with van der Waals surface area (Å²) in [5.41, 5.74) is 3.51. The van der Waals surface area contributed by atoms with Crippen LogP contribution in [0.2, 0.25) is 5.02 Å². The molecule has 0 bridgehead atoms. The maximum atomic E-state index is 12.7. The van der Waals surface area contributed by atoms with E-state index in [1.807, 2.05) is 0 Å². The minimum atomic E-state index is -0.398. The average molecular weight is 277 g/mol. The van der Waals surface area contributed by atoms with Gasteiger partial charge in [0, 0.05) is 10.6 Å². The Labute approximate surface area is 114 Å². The molecule has 0 saturated carbocycles. The number of amides is 1. The van der Waals surface area contributed by atoms with Crippen LogP contribution in [-0.2, 0) is 0 Å². The molecule has 96 valence electrons. The van der Waals surface area contributed by atoms with Crippen LogP contribution in [0.3, 0.4) is 0 Å². The molecular formula is C14H10ClFN2O. The quantitative estimate of drug-likeness (QED) is 0.679. The smallest absolute Gasteiger partial charge is 0.267 e. The lowest BCUT2D eigenvalue weighted by molar-refractivity contribution is 0.0955. The van der Waals surface area contributed by atoms with Gasteiger partial charge in [0.25, 0.3) is 5.91 Å².